The van der Waals surface area contributed by atoms with E-state index in [2.05, 4.69) is 67.9 Å². The van der Waals surface area contributed by atoms with Crippen molar-refractivity contribution >= 4 is 28.5 Å². The smallest absolute Gasteiger partial charge is 0.278 e. The van der Waals surface area contributed by atoms with E-state index in [4.69, 9.17) is 4.52 Å². The number of carbonyl (C=O) groups excluding carboxylic acids is 1. The zero-order valence-electron chi connectivity index (χ0n) is 13.0. The number of amides is 1. The minimum absolute atomic E-state index is 0.0480. The first-order valence-corrected chi connectivity index (χ1v) is 8.36. The minimum atomic E-state index is -0.269. The fourth-order valence-corrected chi connectivity index (χ4v) is 3.99. The van der Waals surface area contributed by atoms with Crippen LogP contribution in [0, 0.1) is 6.92 Å². The van der Waals surface area contributed by atoms with E-state index in [1.54, 1.807) is 0 Å². The number of halogens is 1. The molecule has 20 heavy (non-hydrogen) atoms. The van der Waals surface area contributed by atoms with Crippen LogP contribution < -0.4 is 5.32 Å². The molecule has 6 heteroatoms. The van der Waals surface area contributed by atoms with Crippen molar-refractivity contribution in [3.63, 3.8) is 0 Å². The summed E-state index contributed by atoms with van der Waals surface area (Å²) in [5.41, 5.74) is 1.02. The largest absolute Gasteiger partial charge is 0.359 e. The van der Waals surface area contributed by atoms with E-state index in [9.17, 15) is 4.79 Å². The molecule has 1 aliphatic heterocycles. The molecule has 0 aromatic carbocycles. The van der Waals surface area contributed by atoms with Crippen LogP contribution >= 0.6 is 22.6 Å². The van der Waals surface area contributed by atoms with E-state index in [0.717, 1.165) is 26.7 Å². The topological polar surface area (TPSA) is 55.1 Å². The molecule has 1 aromatic rings. The standard InChI is InChI=1S/C14H22IN3O2/c1-7-13(3)14(4,18(13,5)6)16-12(19)11-9(2)10(8-15)20-17-11/h7-8H2,1-6H3/p+1. The molecule has 0 bridgehead atoms. The first kappa shape index (κ1) is 15.8. The Morgan fingerprint density at radius 3 is 2.45 bits per heavy atom. The number of aromatic nitrogens is 1. The zero-order valence-corrected chi connectivity index (χ0v) is 15.2. The highest BCUT2D eigenvalue weighted by atomic mass is 127. The third-order valence-corrected chi connectivity index (χ3v) is 6.45. The average Bonchev–Trinajstić information content (AvgIpc) is 2.71. The van der Waals surface area contributed by atoms with E-state index in [0.29, 0.717) is 5.69 Å². The Morgan fingerprint density at radius 2 is 2.05 bits per heavy atom. The van der Waals surface area contributed by atoms with E-state index < -0.39 is 0 Å². The van der Waals surface area contributed by atoms with Crippen molar-refractivity contribution in [2.24, 2.45) is 0 Å². The number of rotatable bonds is 4. The third-order valence-electron chi connectivity index (χ3n) is 5.75. The van der Waals surface area contributed by atoms with Gasteiger partial charge in [-0.2, -0.15) is 0 Å². The molecule has 0 aliphatic carbocycles. The van der Waals surface area contributed by atoms with Gasteiger partial charge in [-0.25, -0.2) is 0 Å². The Morgan fingerprint density at radius 1 is 1.45 bits per heavy atom. The maximum absolute atomic E-state index is 12.5. The Balaban J connectivity index is 2.23. The van der Waals surface area contributed by atoms with Gasteiger partial charge in [-0.15, -0.1) is 0 Å². The number of hydrogen-bond donors (Lipinski definition) is 1. The summed E-state index contributed by atoms with van der Waals surface area (Å²) in [7, 11) is 4.30. The van der Waals surface area contributed by atoms with Crippen molar-refractivity contribution in [1.29, 1.82) is 0 Å². The monoisotopic (exact) mass is 392 g/mol. The first-order valence-electron chi connectivity index (χ1n) is 6.84. The Labute approximate surface area is 133 Å². The number of quaternary nitrogens is 1. The maximum atomic E-state index is 12.5. The van der Waals surface area contributed by atoms with Gasteiger partial charge in [0.05, 0.1) is 18.5 Å². The highest BCUT2D eigenvalue weighted by molar-refractivity contribution is 14.1. The quantitative estimate of drug-likeness (QED) is 0.371. The van der Waals surface area contributed by atoms with E-state index in [1.165, 1.54) is 0 Å². The molecule has 0 saturated carbocycles. The lowest BCUT2D eigenvalue weighted by Crippen LogP contribution is -2.44. The molecular formula is C14H23IN3O2+. The molecule has 1 N–H and O–H groups in total. The lowest BCUT2D eigenvalue weighted by atomic mass is 10.0. The van der Waals surface area contributed by atoms with Crippen LogP contribution in [0.25, 0.3) is 0 Å². The van der Waals surface area contributed by atoms with Crippen LogP contribution in [0.2, 0.25) is 0 Å². The second-order valence-corrected chi connectivity index (χ2v) is 7.08. The molecule has 0 spiro atoms. The Bertz CT molecular complexity index is 555. The van der Waals surface area contributed by atoms with Crippen molar-refractivity contribution in [2.45, 2.75) is 49.7 Å². The second kappa shape index (κ2) is 4.69. The summed E-state index contributed by atoms with van der Waals surface area (Å²) in [6, 6.07) is 0. The van der Waals surface area contributed by atoms with Gasteiger partial charge in [-0.05, 0) is 13.8 Å². The number of hydrogen-bond acceptors (Lipinski definition) is 3. The summed E-state index contributed by atoms with van der Waals surface area (Å²) >= 11 is 2.20. The molecule has 2 heterocycles. The highest BCUT2D eigenvalue weighted by Crippen LogP contribution is 2.57. The van der Waals surface area contributed by atoms with Crippen molar-refractivity contribution in [3.8, 4) is 0 Å². The number of nitrogens with one attached hydrogen (secondary N) is 1. The first-order chi connectivity index (χ1) is 9.16. The van der Waals surface area contributed by atoms with Crippen molar-refractivity contribution in [1.82, 2.24) is 10.5 Å². The molecule has 112 valence electrons. The van der Waals surface area contributed by atoms with Gasteiger partial charge >= 0.3 is 0 Å². The van der Waals surface area contributed by atoms with Crippen LogP contribution in [0.15, 0.2) is 4.52 Å². The Hall–Kier alpha value is -0.630. The summed E-state index contributed by atoms with van der Waals surface area (Å²) in [6.07, 6.45) is 1.01. The summed E-state index contributed by atoms with van der Waals surface area (Å²) < 4.78 is 6.70. The maximum Gasteiger partial charge on any atom is 0.278 e. The van der Waals surface area contributed by atoms with Gasteiger partial charge < -0.3 is 4.52 Å². The lowest BCUT2D eigenvalue weighted by molar-refractivity contribution is -0.813. The van der Waals surface area contributed by atoms with Crippen molar-refractivity contribution < 1.29 is 13.8 Å². The molecule has 1 saturated heterocycles. The van der Waals surface area contributed by atoms with E-state index in [1.807, 2.05) is 6.92 Å². The third kappa shape index (κ3) is 1.76. The van der Waals surface area contributed by atoms with Gasteiger partial charge in [0.2, 0.25) is 5.66 Å². The lowest BCUT2D eigenvalue weighted by Gasteiger charge is -2.14. The number of nitrogens with zero attached hydrogens (tertiary/aromatic N) is 2. The normalized spacial score (nSPS) is 31.1. The Kier molecular flexibility index (Phi) is 3.70. The highest BCUT2D eigenvalue weighted by Gasteiger charge is 2.81. The average molecular weight is 392 g/mol. The van der Waals surface area contributed by atoms with Gasteiger partial charge in [0.15, 0.2) is 11.2 Å². The fourth-order valence-electron chi connectivity index (χ4n) is 3.28. The van der Waals surface area contributed by atoms with Gasteiger partial charge in [0.1, 0.15) is 5.76 Å². The number of alkyl halides is 1. The summed E-state index contributed by atoms with van der Waals surface area (Å²) in [5.74, 6) is 0.622. The molecule has 2 unspecified atom stereocenters. The molecular weight excluding hydrogens is 369 g/mol. The SMILES string of the molecule is CCC1(C)C(C)(NC(=O)c2noc(CI)c2C)[N+]1(C)C. The fraction of sp³-hybridized carbons (Fsp3) is 0.714. The van der Waals surface area contributed by atoms with E-state index >= 15 is 0 Å². The molecule has 2 rings (SSSR count). The number of carbonyl (C=O) groups is 1. The van der Waals surface area contributed by atoms with E-state index in [-0.39, 0.29) is 17.1 Å². The van der Waals surface area contributed by atoms with Gasteiger partial charge in [-0.3, -0.25) is 14.6 Å². The molecule has 1 aliphatic rings. The molecule has 1 aromatic heterocycles. The number of likely N-dealkylation sites (N-methyl/N-ethyl adjacent to an activating group) is 1. The predicted octanol–water partition coefficient (Wildman–Crippen LogP) is 2.62. The molecule has 2 atom stereocenters. The molecule has 5 nitrogen and oxygen atoms in total. The van der Waals surface area contributed by atoms with Gasteiger partial charge in [0, 0.05) is 18.9 Å². The summed E-state index contributed by atoms with van der Waals surface area (Å²) in [6.45, 7) is 8.35. The summed E-state index contributed by atoms with van der Waals surface area (Å²) in [4.78, 5) is 12.5. The van der Waals surface area contributed by atoms with Crippen molar-refractivity contribution in [2.75, 3.05) is 14.1 Å². The van der Waals surface area contributed by atoms with Crippen LogP contribution in [-0.4, -0.2) is 40.8 Å². The van der Waals surface area contributed by atoms with Crippen molar-refractivity contribution in [3.05, 3.63) is 17.0 Å². The summed E-state index contributed by atoms with van der Waals surface area (Å²) in [5, 5.41) is 7.09. The van der Waals surface area contributed by atoms with Crippen LogP contribution in [0.3, 0.4) is 0 Å². The second-order valence-electron chi connectivity index (χ2n) is 6.32. The molecule has 0 radical (unpaired) electrons. The predicted molar refractivity (Wildman–Crippen MR) is 85.6 cm³/mol. The van der Waals surface area contributed by atoms with Gasteiger partial charge in [0.25, 0.3) is 5.91 Å². The van der Waals surface area contributed by atoms with Crippen LogP contribution in [0.4, 0.5) is 0 Å². The minimum Gasteiger partial charge on any atom is -0.359 e. The van der Waals surface area contributed by atoms with Crippen LogP contribution in [-0.2, 0) is 4.43 Å². The molecule has 1 amide bonds. The van der Waals surface area contributed by atoms with Crippen LogP contribution in [0.1, 0.15) is 49.0 Å². The molecule has 1 fully saturated rings. The van der Waals surface area contributed by atoms with Crippen LogP contribution in [0.5, 0.6) is 0 Å². The zero-order chi connectivity index (χ0) is 15.3. The van der Waals surface area contributed by atoms with Gasteiger partial charge in [-0.1, -0.05) is 34.7 Å².